The Bertz CT molecular complexity index is 1650. The maximum atomic E-state index is 13.1. The van der Waals surface area contributed by atoms with Gasteiger partial charge in [0.25, 0.3) is 0 Å². The summed E-state index contributed by atoms with van der Waals surface area (Å²) in [5, 5.41) is 4.09. The van der Waals surface area contributed by atoms with Crippen molar-refractivity contribution in [3.63, 3.8) is 0 Å². The molecule has 0 aliphatic heterocycles. The number of nitrogens with zero attached hydrogens (tertiary/aromatic N) is 1. The summed E-state index contributed by atoms with van der Waals surface area (Å²) in [5.74, 6) is 0.679. The molecule has 0 radical (unpaired) electrons. The van der Waals surface area contributed by atoms with Crippen molar-refractivity contribution in [1.82, 2.24) is 10.1 Å². The van der Waals surface area contributed by atoms with Crippen LogP contribution in [0.1, 0.15) is 34.7 Å². The highest BCUT2D eigenvalue weighted by atomic mass is 127. The van der Waals surface area contributed by atoms with Crippen molar-refractivity contribution in [2.75, 3.05) is 7.11 Å². The zero-order valence-electron chi connectivity index (χ0n) is 22.9. The van der Waals surface area contributed by atoms with Crippen LogP contribution in [0.3, 0.4) is 0 Å². The van der Waals surface area contributed by atoms with Crippen LogP contribution in [0.15, 0.2) is 105 Å². The number of hydrogen-bond acceptors (Lipinski definition) is 6. The summed E-state index contributed by atoms with van der Waals surface area (Å²) >= 11 is 5.59. The quantitative estimate of drug-likeness (QED) is 0.0974. The summed E-state index contributed by atoms with van der Waals surface area (Å²) < 4.78 is 42.2. The van der Waals surface area contributed by atoms with Crippen molar-refractivity contribution < 1.29 is 22.7 Å². The van der Waals surface area contributed by atoms with Crippen LogP contribution < -0.4 is 19.6 Å². The number of carbonyl (C=O) groups is 1. The van der Waals surface area contributed by atoms with Gasteiger partial charge in [-0.15, -0.1) is 0 Å². The van der Waals surface area contributed by atoms with E-state index in [9.17, 15) is 13.2 Å². The van der Waals surface area contributed by atoms with Gasteiger partial charge in [0.1, 0.15) is 6.61 Å². The number of aryl methyl sites for hydroxylation is 1. The smallest absolute Gasteiger partial charge is 0.242 e. The van der Waals surface area contributed by atoms with Crippen LogP contribution in [0.5, 0.6) is 11.5 Å². The highest BCUT2D eigenvalue weighted by Gasteiger charge is 2.23. The Morgan fingerprint density at radius 1 is 1.02 bits per heavy atom. The van der Waals surface area contributed by atoms with Crippen LogP contribution in [0.25, 0.3) is 0 Å². The molecule has 2 N–H and O–H groups in total. The number of nitrogens with one attached hydrogen (secondary N) is 2. The number of carbonyl (C=O) groups excluding carboxylic acids is 1. The molecule has 0 aliphatic carbocycles. The Labute approximate surface area is 267 Å². The second-order valence-corrected chi connectivity index (χ2v) is 13.1. The second kappa shape index (κ2) is 14.8. The van der Waals surface area contributed by atoms with E-state index < -0.39 is 22.0 Å². The number of methoxy groups -OCH3 is 1. The zero-order valence-corrected chi connectivity index (χ0v) is 27.4. The lowest BCUT2D eigenvalue weighted by atomic mass is 10.0. The Kier molecular flexibility index (Phi) is 11.1. The Hall–Kier alpha value is -3.26. The van der Waals surface area contributed by atoms with Crippen LogP contribution >= 0.6 is 38.5 Å². The minimum Gasteiger partial charge on any atom is -0.493 e. The van der Waals surface area contributed by atoms with Gasteiger partial charge in [-0.25, -0.2) is 18.6 Å². The highest BCUT2D eigenvalue weighted by Crippen LogP contribution is 2.34. The van der Waals surface area contributed by atoms with E-state index in [0.717, 1.165) is 19.2 Å². The Balaban J connectivity index is 1.43. The summed E-state index contributed by atoms with van der Waals surface area (Å²) in [5.41, 5.74) is 5.81. The number of hydrazone groups is 1. The summed E-state index contributed by atoms with van der Waals surface area (Å²) in [7, 11) is -2.31. The number of ether oxygens (including phenoxy) is 2. The Morgan fingerprint density at radius 2 is 1.71 bits per heavy atom. The number of halogens is 2. The summed E-state index contributed by atoms with van der Waals surface area (Å²) in [6.45, 7) is 2.26. The van der Waals surface area contributed by atoms with Gasteiger partial charge in [-0.1, -0.05) is 76.1 Å². The molecular formula is C31H29BrIN3O5S. The maximum Gasteiger partial charge on any atom is 0.242 e. The average molecular weight is 762 g/mol. The molecule has 8 nitrogen and oxygen atoms in total. The molecule has 0 heterocycles. The van der Waals surface area contributed by atoms with Crippen LogP contribution in [0, 0.1) is 10.5 Å². The van der Waals surface area contributed by atoms with Gasteiger partial charge >= 0.3 is 0 Å². The summed E-state index contributed by atoms with van der Waals surface area (Å²) in [6, 6.07) is 26.2. The lowest BCUT2D eigenvalue weighted by Crippen LogP contribution is -2.32. The van der Waals surface area contributed by atoms with Gasteiger partial charge in [0, 0.05) is 10.9 Å². The molecule has 0 saturated heterocycles. The molecule has 4 rings (SSSR count). The van der Waals surface area contributed by atoms with Gasteiger partial charge in [-0.3, -0.25) is 4.79 Å². The van der Waals surface area contributed by atoms with E-state index in [1.165, 1.54) is 18.3 Å². The molecule has 0 aromatic heterocycles. The fourth-order valence-electron chi connectivity index (χ4n) is 3.99. The standard InChI is InChI=1S/C31H29BrIN3O5S/c1-21-8-14-26(15-9-21)42(38,39)36-28(24-6-4-3-5-7-24)18-30(37)35-34-19-23-16-27(33)31(29(17-23)40-2)41-20-22-10-12-25(32)13-11-22/h3-17,19,28,36H,18,20H2,1-2H3,(H,35,37)/b34-19-/t28-/m0/s1. The van der Waals surface area contributed by atoms with E-state index in [4.69, 9.17) is 9.47 Å². The fraction of sp³-hybridized carbons (Fsp3) is 0.161. The summed E-state index contributed by atoms with van der Waals surface area (Å²) in [6.07, 6.45) is 1.34. The molecule has 0 aliphatic rings. The molecule has 4 aromatic carbocycles. The van der Waals surface area contributed by atoms with Gasteiger partial charge in [0.15, 0.2) is 11.5 Å². The molecule has 0 unspecified atom stereocenters. The zero-order chi connectivity index (χ0) is 30.1. The first-order valence-electron chi connectivity index (χ1n) is 12.9. The van der Waals surface area contributed by atoms with Crippen molar-refractivity contribution in [3.05, 3.63) is 121 Å². The van der Waals surface area contributed by atoms with Crippen LogP contribution in [0.4, 0.5) is 0 Å². The lowest BCUT2D eigenvalue weighted by Gasteiger charge is -2.18. The predicted molar refractivity (Wildman–Crippen MR) is 175 cm³/mol. The molecule has 4 aromatic rings. The first kappa shape index (κ1) is 31.7. The minimum absolute atomic E-state index is 0.125. The maximum absolute atomic E-state index is 13.1. The van der Waals surface area contributed by atoms with Gasteiger partial charge in [0.05, 0.1) is 27.8 Å². The third-order valence-corrected chi connectivity index (χ3v) is 8.99. The Morgan fingerprint density at radius 3 is 2.38 bits per heavy atom. The van der Waals surface area contributed by atoms with Crippen molar-refractivity contribution in [2.24, 2.45) is 5.10 Å². The number of benzene rings is 4. The monoisotopic (exact) mass is 761 g/mol. The van der Waals surface area contributed by atoms with E-state index in [-0.39, 0.29) is 11.3 Å². The SMILES string of the molecule is COc1cc(/C=N\NC(=O)C[C@H](NS(=O)(=O)c2ccc(C)cc2)c2ccccc2)cc(I)c1OCc1ccc(Br)cc1. The molecule has 0 spiro atoms. The van der Waals surface area contributed by atoms with Gasteiger partial charge in [0.2, 0.25) is 15.9 Å². The summed E-state index contributed by atoms with van der Waals surface area (Å²) in [4.78, 5) is 13.0. The van der Waals surface area contributed by atoms with Gasteiger partial charge in [-0.05, 0) is 82.6 Å². The van der Waals surface area contributed by atoms with Crippen LogP contribution in [-0.4, -0.2) is 27.6 Å². The number of amides is 1. The molecule has 0 fully saturated rings. The molecule has 1 atom stereocenters. The number of sulfonamides is 1. The average Bonchev–Trinajstić information content (AvgIpc) is 2.97. The first-order valence-corrected chi connectivity index (χ1v) is 16.2. The van der Waals surface area contributed by atoms with E-state index in [0.29, 0.717) is 29.2 Å². The fourth-order valence-corrected chi connectivity index (χ4v) is 6.26. The molecule has 0 saturated carbocycles. The van der Waals surface area contributed by atoms with Gasteiger partial charge < -0.3 is 9.47 Å². The minimum atomic E-state index is -3.87. The third kappa shape index (κ3) is 8.87. The van der Waals surface area contributed by atoms with Crippen LogP contribution in [-0.2, 0) is 21.4 Å². The molecule has 0 bridgehead atoms. The number of rotatable bonds is 12. The predicted octanol–water partition coefficient (Wildman–Crippen LogP) is 6.51. The molecular weight excluding hydrogens is 733 g/mol. The van der Waals surface area contributed by atoms with Crippen molar-refractivity contribution >= 4 is 60.7 Å². The topological polar surface area (TPSA) is 106 Å². The second-order valence-electron chi connectivity index (χ2n) is 9.34. The lowest BCUT2D eigenvalue weighted by molar-refractivity contribution is -0.121. The van der Waals surface area contributed by atoms with Gasteiger partial charge in [-0.2, -0.15) is 5.10 Å². The van der Waals surface area contributed by atoms with Crippen molar-refractivity contribution in [3.8, 4) is 11.5 Å². The van der Waals surface area contributed by atoms with Crippen molar-refractivity contribution in [1.29, 1.82) is 0 Å². The molecule has 1 amide bonds. The normalized spacial score (nSPS) is 12.2. The van der Waals surface area contributed by atoms with Crippen LogP contribution in [0.2, 0.25) is 0 Å². The number of hydrogen-bond donors (Lipinski definition) is 2. The van der Waals surface area contributed by atoms with Crippen molar-refractivity contribution in [2.45, 2.75) is 30.9 Å². The molecule has 42 heavy (non-hydrogen) atoms. The largest absolute Gasteiger partial charge is 0.493 e. The highest BCUT2D eigenvalue weighted by molar-refractivity contribution is 14.1. The third-order valence-electron chi connectivity index (χ3n) is 6.17. The van der Waals surface area contributed by atoms with E-state index in [1.54, 1.807) is 49.6 Å². The van der Waals surface area contributed by atoms with E-state index in [2.05, 4.69) is 53.8 Å². The molecule has 11 heteroatoms. The van der Waals surface area contributed by atoms with E-state index >= 15 is 0 Å². The molecule has 218 valence electrons. The first-order chi connectivity index (χ1) is 20.1. The van der Waals surface area contributed by atoms with E-state index in [1.807, 2.05) is 43.3 Å².